The van der Waals surface area contributed by atoms with Gasteiger partial charge in [-0.15, -0.1) is 0 Å². The summed E-state index contributed by atoms with van der Waals surface area (Å²) >= 11 is 1.16. The smallest absolute Gasteiger partial charge is 0.420 e. The number of amidine groups is 1. The van der Waals surface area contributed by atoms with E-state index in [1.165, 1.54) is 25.3 Å². The van der Waals surface area contributed by atoms with Crippen LogP contribution in [0.25, 0.3) is 6.08 Å². The molecule has 3 aromatic rings. The summed E-state index contributed by atoms with van der Waals surface area (Å²) in [5.74, 6) is -0.694. The third kappa shape index (κ3) is 5.84. The van der Waals surface area contributed by atoms with E-state index in [-0.39, 0.29) is 17.1 Å². The highest BCUT2D eigenvalue weighted by Crippen LogP contribution is 2.41. The number of alkyl halides is 3. The number of nitrogens with zero attached hydrogens (tertiary/aromatic N) is 3. The van der Waals surface area contributed by atoms with Gasteiger partial charge in [-0.1, -0.05) is 12.1 Å². The SMILES string of the molecule is COc1cc(C=C2SC(NCc3ccccn3)=NC2=O)ccc1Oc1ccc(C#N)cc1C(F)(F)F. The lowest BCUT2D eigenvalue weighted by atomic mass is 10.1. The van der Waals surface area contributed by atoms with Gasteiger partial charge in [-0.2, -0.15) is 23.4 Å². The summed E-state index contributed by atoms with van der Waals surface area (Å²) in [5, 5.41) is 12.4. The molecule has 0 radical (unpaired) electrons. The van der Waals surface area contributed by atoms with Gasteiger partial charge in [0.15, 0.2) is 16.7 Å². The van der Waals surface area contributed by atoms with Crippen molar-refractivity contribution in [3.05, 3.63) is 88.1 Å². The molecule has 0 saturated heterocycles. The second kappa shape index (κ2) is 10.5. The molecule has 0 saturated carbocycles. The largest absolute Gasteiger partial charge is 0.493 e. The fourth-order valence-corrected chi connectivity index (χ4v) is 4.00. The Morgan fingerprint density at radius 1 is 1.11 bits per heavy atom. The van der Waals surface area contributed by atoms with Crippen molar-refractivity contribution >= 4 is 28.9 Å². The number of halogens is 3. The molecule has 0 aliphatic carbocycles. The molecule has 2 heterocycles. The van der Waals surface area contributed by atoms with Gasteiger partial charge in [-0.05, 0) is 65.9 Å². The average molecular weight is 510 g/mol. The van der Waals surface area contributed by atoms with Gasteiger partial charge in [-0.3, -0.25) is 9.78 Å². The van der Waals surface area contributed by atoms with Gasteiger partial charge < -0.3 is 14.8 Å². The highest BCUT2D eigenvalue weighted by atomic mass is 32.2. The Balaban J connectivity index is 1.51. The lowest BCUT2D eigenvalue weighted by molar-refractivity contribution is -0.138. The van der Waals surface area contributed by atoms with E-state index < -0.39 is 23.4 Å². The number of amides is 1. The van der Waals surface area contributed by atoms with Crippen molar-refractivity contribution in [2.75, 3.05) is 7.11 Å². The number of aromatic nitrogens is 1. The van der Waals surface area contributed by atoms with Crippen LogP contribution in [-0.2, 0) is 17.5 Å². The minimum absolute atomic E-state index is 0.0363. The molecule has 2 aromatic carbocycles. The second-order valence-corrected chi connectivity index (χ2v) is 8.37. The Morgan fingerprint density at radius 3 is 2.61 bits per heavy atom. The van der Waals surface area contributed by atoms with E-state index in [0.29, 0.717) is 22.2 Å². The van der Waals surface area contributed by atoms with Crippen molar-refractivity contribution in [2.45, 2.75) is 12.7 Å². The number of methoxy groups -OCH3 is 1. The molecule has 36 heavy (non-hydrogen) atoms. The van der Waals surface area contributed by atoms with E-state index in [1.807, 2.05) is 12.1 Å². The van der Waals surface area contributed by atoms with Crippen LogP contribution in [0.1, 0.15) is 22.4 Å². The van der Waals surface area contributed by atoms with Crippen LogP contribution in [-0.4, -0.2) is 23.2 Å². The van der Waals surface area contributed by atoms with Gasteiger partial charge in [0.05, 0.1) is 41.4 Å². The lowest BCUT2D eigenvalue weighted by Crippen LogP contribution is -2.18. The summed E-state index contributed by atoms with van der Waals surface area (Å²) in [6.45, 7) is 0.405. The van der Waals surface area contributed by atoms with E-state index in [9.17, 15) is 18.0 Å². The van der Waals surface area contributed by atoms with Crippen molar-refractivity contribution in [1.29, 1.82) is 5.26 Å². The fourth-order valence-electron chi connectivity index (χ4n) is 3.19. The zero-order valence-electron chi connectivity index (χ0n) is 18.7. The van der Waals surface area contributed by atoms with Gasteiger partial charge in [0.2, 0.25) is 0 Å². The van der Waals surface area contributed by atoms with E-state index in [2.05, 4.69) is 15.3 Å². The zero-order valence-corrected chi connectivity index (χ0v) is 19.5. The zero-order chi connectivity index (χ0) is 25.7. The highest BCUT2D eigenvalue weighted by Gasteiger charge is 2.35. The van der Waals surface area contributed by atoms with Gasteiger partial charge >= 0.3 is 6.18 Å². The third-order valence-electron chi connectivity index (χ3n) is 4.89. The highest BCUT2D eigenvalue weighted by molar-refractivity contribution is 8.18. The molecular formula is C25H17F3N4O3S. The van der Waals surface area contributed by atoms with Crippen LogP contribution in [0.4, 0.5) is 13.2 Å². The number of ether oxygens (including phenoxy) is 2. The third-order valence-corrected chi connectivity index (χ3v) is 5.83. The molecule has 0 bridgehead atoms. The minimum Gasteiger partial charge on any atom is -0.493 e. The molecule has 0 spiro atoms. The molecule has 0 fully saturated rings. The van der Waals surface area contributed by atoms with Gasteiger partial charge in [0.25, 0.3) is 5.91 Å². The van der Waals surface area contributed by atoms with Crippen molar-refractivity contribution in [1.82, 2.24) is 10.3 Å². The number of benzene rings is 2. The number of hydrogen-bond acceptors (Lipinski definition) is 7. The number of thioether (sulfide) groups is 1. The molecular weight excluding hydrogens is 493 g/mol. The molecule has 1 N–H and O–H groups in total. The maximum absolute atomic E-state index is 13.5. The van der Waals surface area contributed by atoms with E-state index in [0.717, 1.165) is 29.6 Å². The van der Waals surface area contributed by atoms with Crippen LogP contribution in [0.15, 0.2) is 70.7 Å². The fraction of sp³-hybridized carbons (Fsp3) is 0.120. The van der Waals surface area contributed by atoms with Gasteiger partial charge in [0.1, 0.15) is 5.75 Å². The number of hydrogen-bond donors (Lipinski definition) is 1. The Labute approximate surface area is 208 Å². The van der Waals surface area contributed by atoms with Crippen LogP contribution >= 0.6 is 11.8 Å². The Morgan fingerprint density at radius 2 is 1.92 bits per heavy atom. The molecule has 0 unspecified atom stereocenters. The van der Waals surface area contributed by atoms with E-state index >= 15 is 0 Å². The van der Waals surface area contributed by atoms with Crippen molar-refractivity contribution < 1.29 is 27.4 Å². The number of carbonyl (C=O) groups is 1. The molecule has 1 aliphatic rings. The number of carbonyl (C=O) groups excluding carboxylic acids is 1. The monoisotopic (exact) mass is 510 g/mol. The summed E-state index contributed by atoms with van der Waals surface area (Å²) in [6, 6.07) is 14.8. The first kappa shape index (κ1) is 24.8. The standard InChI is InChI=1S/C25H17F3N4O3S/c1-34-21-11-15(12-22-23(33)32-24(36-22)31-14-17-4-2-3-9-30-17)5-8-20(21)35-19-7-6-16(13-29)10-18(19)25(26,27)28/h2-12H,14H2,1H3,(H,31,32,33). The molecule has 0 atom stereocenters. The van der Waals surface area contributed by atoms with Crippen molar-refractivity contribution in [3.8, 4) is 23.3 Å². The lowest BCUT2D eigenvalue weighted by Gasteiger charge is -2.16. The number of pyridine rings is 1. The number of aliphatic imine (C=N–C) groups is 1. The predicted molar refractivity (Wildman–Crippen MR) is 128 cm³/mol. The Hall–Kier alpha value is -4.30. The second-order valence-electron chi connectivity index (χ2n) is 7.34. The molecule has 1 aliphatic heterocycles. The summed E-state index contributed by atoms with van der Waals surface area (Å²) in [4.78, 5) is 20.9. The minimum atomic E-state index is -4.72. The molecule has 7 nitrogen and oxygen atoms in total. The van der Waals surface area contributed by atoms with E-state index in [4.69, 9.17) is 14.7 Å². The molecule has 1 aromatic heterocycles. The maximum Gasteiger partial charge on any atom is 0.420 e. The number of nitriles is 1. The summed E-state index contributed by atoms with van der Waals surface area (Å²) in [6.07, 6.45) is -1.45. The quantitative estimate of drug-likeness (QED) is 0.436. The van der Waals surface area contributed by atoms with Crippen molar-refractivity contribution in [3.63, 3.8) is 0 Å². The van der Waals surface area contributed by atoms with E-state index in [1.54, 1.807) is 30.5 Å². The van der Waals surface area contributed by atoms with Crippen LogP contribution < -0.4 is 14.8 Å². The first-order chi connectivity index (χ1) is 17.3. The Bertz CT molecular complexity index is 1400. The first-order valence-electron chi connectivity index (χ1n) is 10.4. The number of nitrogens with one attached hydrogen (secondary N) is 1. The van der Waals surface area contributed by atoms with Gasteiger partial charge in [-0.25, -0.2) is 0 Å². The van der Waals surface area contributed by atoms with Gasteiger partial charge in [0, 0.05) is 6.20 Å². The van der Waals surface area contributed by atoms with Crippen LogP contribution in [0.2, 0.25) is 0 Å². The first-order valence-corrected chi connectivity index (χ1v) is 11.2. The van der Waals surface area contributed by atoms with Crippen LogP contribution in [0.5, 0.6) is 17.2 Å². The number of rotatable bonds is 6. The summed E-state index contributed by atoms with van der Waals surface area (Å²) in [7, 11) is 1.35. The van der Waals surface area contributed by atoms with Crippen LogP contribution in [0, 0.1) is 11.3 Å². The van der Waals surface area contributed by atoms with Crippen LogP contribution in [0.3, 0.4) is 0 Å². The van der Waals surface area contributed by atoms with Crippen molar-refractivity contribution in [2.24, 2.45) is 4.99 Å². The molecule has 1 amide bonds. The summed E-state index contributed by atoms with van der Waals surface area (Å²) in [5.41, 5.74) is 0.137. The normalized spacial score (nSPS) is 14.4. The maximum atomic E-state index is 13.5. The summed E-state index contributed by atoms with van der Waals surface area (Å²) < 4.78 is 51.2. The Kier molecular flexibility index (Phi) is 7.26. The topological polar surface area (TPSA) is 96.6 Å². The molecule has 4 rings (SSSR count). The average Bonchev–Trinajstić information content (AvgIpc) is 3.22. The molecule has 11 heteroatoms. The predicted octanol–water partition coefficient (Wildman–Crippen LogP) is 5.53. The molecule has 182 valence electrons.